The van der Waals surface area contributed by atoms with E-state index in [0.29, 0.717) is 47.1 Å². The minimum atomic E-state index is -0.262. The molecule has 0 saturated heterocycles. The number of aromatic nitrogens is 4. The Morgan fingerprint density at radius 1 is 1.32 bits per heavy atom. The summed E-state index contributed by atoms with van der Waals surface area (Å²) < 4.78 is 6.90. The lowest BCUT2D eigenvalue weighted by Crippen LogP contribution is -2.15. The van der Waals surface area contributed by atoms with Crippen molar-refractivity contribution in [2.75, 3.05) is 5.32 Å². The molecule has 0 unspecified atom stereocenters. The second-order valence-corrected chi connectivity index (χ2v) is 6.23. The molecule has 3 heterocycles. The molecule has 0 fully saturated rings. The Morgan fingerprint density at radius 2 is 2.21 bits per heavy atom. The predicted octanol–water partition coefficient (Wildman–Crippen LogP) is 3.40. The fourth-order valence-electron chi connectivity index (χ4n) is 2.82. The van der Waals surface area contributed by atoms with Gasteiger partial charge in [0.15, 0.2) is 0 Å². The summed E-state index contributed by atoms with van der Waals surface area (Å²) in [5, 5.41) is 15.5. The molecule has 4 aromatic rings. The predicted molar refractivity (Wildman–Crippen MR) is 102 cm³/mol. The van der Waals surface area contributed by atoms with Gasteiger partial charge in [-0.15, -0.1) is 0 Å². The number of rotatable bonds is 5. The number of nitriles is 1. The number of pyridine rings is 1. The summed E-state index contributed by atoms with van der Waals surface area (Å²) in [5.41, 5.74) is 3.41. The van der Waals surface area contributed by atoms with Crippen LogP contribution in [0.4, 0.5) is 5.69 Å². The number of nitrogens with zero attached hydrogens (tertiary/aromatic N) is 5. The van der Waals surface area contributed by atoms with E-state index in [1.807, 2.05) is 43.3 Å². The van der Waals surface area contributed by atoms with Crippen molar-refractivity contribution in [2.45, 2.75) is 19.8 Å². The van der Waals surface area contributed by atoms with Gasteiger partial charge in [0.1, 0.15) is 11.3 Å². The molecular formula is C20H16N6O2. The van der Waals surface area contributed by atoms with Gasteiger partial charge in [-0.1, -0.05) is 23.4 Å². The topological polar surface area (TPSA) is 109 Å². The number of imidazole rings is 1. The average molecular weight is 372 g/mol. The number of aryl methyl sites for hydroxylation is 2. The van der Waals surface area contributed by atoms with Crippen LogP contribution in [0.5, 0.6) is 0 Å². The summed E-state index contributed by atoms with van der Waals surface area (Å²) in [4.78, 5) is 21.3. The minimum absolute atomic E-state index is 0.262. The first-order valence-electron chi connectivity index (χ1n) is 8.69. The first kappa shape index (κ1) is 17.4. The molecule has 8 nitrogen and oxygen atoms in total. The fourth-order valence-corrected chi connectivity index (χ4v) is 2.82. The minimum Gasteiger partial charge on any atom is -0.339 e. The maximum Gasteiger partial charge on any atom is 0.274 e. The van der Waals surface area contributed by atoms with Gasteiger partial charge in [-0.25, -0.2) is 4.98 Å². The third kappa shape index (κ3) is 3.33. The summed E-state index contributed by atoms with van der Waals surface area (Å²) in [6, 6.07) is 13.1. The monoisotopic (exact) mass is 372 g/mol. The third-order valence-electron chi connectivity index (χ3n) is 4.31. The van der Waals surface area contributed by atoms with Crippen molar-refractivity contribution < 1.29 is 9.32 Å². The van der Waals surface area contributed by atoms with Gasteiger partial charge in [0.2, 0.25) is 11.7 Å². The Morgan fingerprint density at radius 3 is 3.07 bits per heavy atom. The van der Waals surface area contributed by atoms with Crippen molar-refractivity contribution in [1.29, 1.82) is 5.26 Å². The van der Waals surface area contributed by atoms with Crippen LogP contribution in [-0.4, -0.2) is 25.4 Å². The highest BCUT2D eigenvalue weighted by atomic mass is 16.5. The van der Waals surface area contributed by atoms with Crippen LogP contribution in [0.1, 0.15) is 28.4 Å². The Balaban J connectivity index is 1.60. The van der Waals surface area contributed by atoms with Crippen molar-refractivity contribution in [3.63, 3.8) is 0 Å². The number of carbonyl (C=O) groups is 1. The molecular weight excluding hydrogens is 356 g/mol. The van der Waals surface area contributed by atoms with Gasteiger partial charge in [0, 0.05) is 30.3 Å². The van der Waals surface area contributed by atoms with Crippen LogP contribution in [0.15, 0.2) is 53.3 Å². The number of hydrogen-bond donors (Lipinski definition) is 1. The van der Waals surface area contributed by atoms with Crippen LogP contribution in [0.25, 0.3) is 17.0 Å². The van der Waals surface area contributed by atoms with Gasteiger partial charge in [-0.2, -0.15) is 10.2 Å². The van der Waals surface area contributed by atoms with E-state index >= 15 is 0 Å². The highest BCUT2D eigenvalue weighted by Crippen LogP contribution is 2.24. The standard InChI is InChI=1S/C20H16N6O2/c1-13-7-8-14(19-24-18(28-25-19)6-4-9-21)11-15(13)23-20(27)16-12-22-17-5-2-3-10-26(16)17/h2-3,5,7-8,10-12H,4,6H2,1H3,(H,23,27). The second-order valence-electron chi connectivity index (χ2n) is 6.23. The second kappa shape index (κ2) is 7.32. The molecule has 0 atom stereocenters. The molecule has 8 heteroatoms. The van der Waals surface area contributed by atoms with Gasteiger partial charge in [-0.3, -0.25) is 9.20 Å². The molecule has 0 aliphatic rings. The van der Waals surface area contributed by atoms with Crippen molar-refractivity contribution in [2.24, 2.45) is 0 Å². The SMILES string of the molecule is Cc1ccc(-c2noc(CCC#N)n2)cc1NC(=O)c1cnc2ccccn12. The Kier molecular flexibility index (Phi) is 4.56. The van der Waals surface area contributed by atoms with E-state index in [0.717, 1.165) is 5.56 Å². The molecule has 28 heavy (non-hydrogen) atoms. The number of fused-ring (bicyclic) bond motifs is 1. The molecule has 4 rings (SSSR count). The van der Waals surface area contributed by atoms with Gasteiger partial charge < -0.3 is 9.84 Å². The zero-order valence-electron chi connectivity index (χ0n) is 15.1. The molecule has 3 aromatic heterocycles. The normalized spacial score (nSPS) is 10.7. The van der Waals surface area contributed by atoms with E-state index in [-0.39, 0.29) is 5.91 Å². The molecule has 0 aliphatic heterocycles. The van der Waals surface area contributed by atoms with Gasteiger partial charge in [0.25, 0.3) is 5.91 Å². The molecule has 1 amide bonds. The number of anilines is 1. The zero-order chi connectivity index (χ0) is 19.5. The van der Waals surface area contributed by atoms with Crippen LogP contribution in [-0.2, 0) is 6.42 Å². The van der Waals surface area contributed by atoms with Gasteiger partial charge in [0.05, 0.1) is 12.3 Å². The third-order valence-corrected chi connectivity index (χ3v) is 4.31. The van der Waals surface area contributed by atoms with Crippen LogP contribution < -0.4 is 5.32 Å². The highest BCUT2D eigenvalue weighted by molar-refractivity contribution is 6.04. The Labute approximate surface area is 160 Å². The Hall–Kier alpha value is -3.99. The van der Waals surface area contributed by atoms with Crippen LogP contribution >= 0.6 is 0 Å². The number of benzene rings is 1. The van der Waals surface area contributed by atoms with Gasteiger partial charge in [-0.05, 0) is 30.7 Å². The van der Waals surface area contributed by atoms with E-state index < -0.39 is 0 Å². The lowest BCUT2D eigenvalue weighted by Gasteiger charge is -2.09. The summed E-state index contributed by atoms with van der Waals surface area (Å²) in [6.07, 6.45) is 4.07. The maximum atomic E-state index is 12.8. The fraction of sp³-hybridized carbons (Fsp3) is 0.150. The molecule has 138 valence electrons. The zero-order valence-corrected chi connectivity index (χ0v) is 15.1. The summed E-state index contributed by atoms with van der Waals surface area (Å²) >= 11 is 0. The molecule has 0 radical (unpaired) electrons. The summed E-state index contributed by atoms with van der Waals surface area (Å²) in [7, 11) is 0. The van der Waals surface area contributed by atoms with Gasteiger partial charge >= 0.3 is 0 Å². The molecule has 1 aromatic carbocycles. The quantitative estimate of drug-likeness (QED) is 0.575. The van der Waals surface area contributed by atoms with Crippen LogP contribution in [0.3, 0.4) is 0 Å². The first-order valence-corrected chi connectivity index (χ1v) is 8.69. The highest BCUT2D eigenvalue weighted by Gasteiger charge is 2.15. The number of hydrogen-bond acceptors (Lipinski definition) is 6. The van der Waals surface area contributed by atoms with Crippen molar-refractivity contribution in [3.05, 3.63) is 65.9 Å². The average Bonchev–Trinajstić information content (AvgIpc) is 3.35. The number of nitrogens with one attached hydrogen (secondary N) is 1. The molecule has 0 spiro atoms. The Bertz CT molecular complexity index is 1200. The molecule has 1 N–H and O–H groups in total. The van der Waals surface area contributed by atoms with E-state index in [1.165, 1.54) is 0 Å². The first-order chi connectivity index (χ1) is 13.7. The molecule has 0 saturated carbocycles. The van der Waals surface area contributed by atoms with Crippen LogP contribution in [0.2, 0.25) is 0 Å². The van der Waals surface area contributed by atoms with Crippen molar-refractivity contribution >= 4 is 17.2 Å². The largest absolute Gasteiger partial charge is 0.339 e. The van der Waals surface area contributed by atoms with Crippen molar-refractivity contribution in [1.82, 2.24) is 19.5 Å². The smallest absolute Gasteiger partial charge is 0.274 e. The lowest BCUT2D eigenvalue weighted by molar-refractivity contribution is 0.102. The van der Waals surface area contributed by atoms with E-state index in [4.69, 9.17) is 9.78 Å². The van der Waals surface area contributed by atoms with Crippen LogP contribution in [0, 0.1) is 18.3 Å². The molecule has 0 bridgehead atoms. The lowest BCUT2D eigenvalue weighted by atomic mass is 10.1. The number of amides is 1. The van der Waals surface area contributed by atoms with E-state index in [1.54, 1.807) is 22.9 Å². The van der Waals surface area contributed by atoms with E-state index in [9.17, 15) is 4.79 Å². The maximum absolute atomic E-state index is 12.8. The van der Waals surface area contributed by atoms with E-state index in [2.05, 4.69) is 20.4 Å². The summed E-state index contributed by atoms with van der Waals surface area (Å²) in [5.74, 6) is 0.563. The molecule has 0 aliphatic carbocycles. The number of carbonyl (C=O) groups excluding carboxylic acids is 1. The van der Waals surface area contributed by atoms with Crippen molar-refractivity contribution in [3.8, 4) is 17.5 Å². The summed E-state index contributed by atoms with van der Waals surface area (Å²) in [6.45, 7) is 1.91.